The Hall–Kier alpha value is -3.55. The minimum absolute atomic E-state index is 0.341. The van der Waals surface area contributed by atoms with Crippen LogP contribution in [-0.2, 0) is 4.74 Å². The molecule has 1 aliphatic rings. The Morgan fingerprint density at radius 2 is 1.81 bits per heavy atom. The number of hydrogen-bond donors (Lipinski definition) is 0. The normalized spacial score (nSPS) is 14.2. The zero-order valence-electron chi connectivity index (χ0n) is 18.8. The summed E-state index contributed by atoms with van der Waals surface area (Å²) in [6.07, 6.45) is 4.33. The van der Waals surface area contributed by atoms with Crippen LogP contribution in [-0.4, -0.2) is 58.7 Å². The summed E-state index contributed by atoms with van der Waals surface area (Å²) in [5, 5.41) is 0. The second-order valence-corrected chi connectivity index (χ2v) is 7.75. The molecule has 8 heteroatoms. The number of esters is 1. The Balaban J connectivity index is 1.51. The van der Waals surface area contributed by atoms with Crippen molar-refractivity contribution in [3.05, 3.63) is 59.5 Å². The van der Waals surface area contributed by atoms with Crippen LogP contribution in [0.15, 0.2) is 42.7 Å². The van der Waals surface area contributed by atoms with Gasteiger partial charge >= 0.3 is 5.97 Å². The van der Waals surface area contributed by atoms with Crippen LogP contribution >= 0.6 is 0 Å². The molecule has 0 bridgehead atoms. The monoisotopic (exact) mass is 432 g/mol. The predicted molar refractivity (Wildman–Crippen MR) is 124 cm³/mol. The van der Waals surface area contributed by atoms with Gasteiger partial charge in [0, 0.05) is 49.8 Å². The van der Waals surface area contributed by atoms with Gasteiger partial charge in [0.25, 0.3) is 0 Å². The number of pyridine rings is 2. The van der Waals surface area contributed by atoms with Crippen LogP contribution in [0.5, 0.6) is 0 Å². The van der Waals surface area contributed by atoms with Gasteiger partial charge in [0.2, 0.25) is 0 Å². The first-order chi connectivity index (χ1) is 15.6. The van der Waals surface area contributed by atoms with E-state index in [1.54, 1.807) is 25.4 Å². The minimum atomic E-state index is -0.341. The molecule has 1 aliphatic heterocycles. The van der Waals surface area contributed by atoms with E-state index in [-0.39, 0.29) is 5.97 Å². The van der Waals surface area contributed by atoms with Gasteiger partial charge in [-0.05, 0) is 51.5 Å². The lowest BCUT2D eigenvalue weighted by molar-refractivity contribution is 0.0526. The smallest absolute Gasteiger partial charge is 0.339 e. The maximum atomic E-state index is 11.9. The zero-order valence-corrected chi connectivity index (χ0v) is 18.8. The number of anilines is 2. The highest BCUT2D eigenvalue weighted by Gasteiger charge is 2.21. The molecule has 4 rings (SSSR count). The molecule has 0 aromatic carbocycles. The maximum Gasteiger partial charge on any atom is 0.339 e. The molecular formula is C24H28N6O2. The maximum absolute atomic E-state index is 11.9. The lowest BCUT2D eigenvalue weighted by Gasteiger charge is -2.25. The van der Waals surface area contributed by atoms with E-state index in [1.165, 1.54) is 0 Å². The number of carbonyl (C=O) groups is 1. The number of nitrogens with zero attached hydrogens (tertiary/aromatic N) is 6. The zero-order chi connectivity index (χ0) is 22.5. The van der Waals surface area contributed by atoms with Crippen molar-refractivity contribution in [1.82, 2.24) is 19.9 Å². The van der Waals surface area contributed by atoms with E-state index in [2.05, 4.69) is 31.7 Å². The first kappa shape index (κ1) is 21.7. The number of aryl methyl sites for hydroxylation is 1. The molecule has 0 saturated carbocycles. The summed E-state index contributed by atoms with van der Waals surface area (Å²) in [5.41, 5.74) is 3.31. The number of ether oxygens (including phenoxy) is 1. The second-order valence-electron chi connectivity index (χ2n) is 7.75. The largest absolute Gasteiger partial charge is 0.462 e. The molecule has 1 saturated heterocycles. The van der Waals surface area contributed by atoms with Gasteiger partial charge in [0.15, 0.2) is 5.82 Å². The lowest BCUT2D eigenvalue weighted by Crippen LogP contribution is -2.32. The Morgan fingerprint density at radius 3 is 2.53 bits per heavy atom. The summed E-state index contributed by atoms with van der Waals surface area (Å²) in [7, 11) is 0. The summed E-state index contributed by atoms with van der Waals surface area (Å²) in [6, 6.07) is 9.44. The van der Waals surface area contributed by atoms with Crippen LogP contribution < -0.4 is 9.80 Å². The number of carbonyl (C=O) groups excluding carboxylic acids is 1. The van der Waals surface area contributed by atoms with Crippen LogP contribution in [0, 0.1) is 13.8 Å². The molecule has 32 heavy (non-hydrogen) atoms. The third-order valence-electron chi connectivity index (χ3n) is 5.64. The first-order valence-corrected chi connectivity index (χ1v) is 11.0. The lowest BCUT2D eigenvalue weighted by atomic mass is 10.2. The van der Waals surface area contributed by atoms with E-state index in [0.717, 1.165) is 61.2 Å². The SMILES string of the molecule is CCOC(=O)c1ccc(N2CCCN(c3nc(-c4ccccn4)nc(C)c3C)CC2)nc1. The molecule has 3 aromatic rings. The highest BCUT2D eigenvalue weighted by molar-refractivity contribution is 5.89. The van der Waals surface area contributed by atoms with Crippen LogP contribution in [0.2, 0.25) is 0 Å². The Labute approximate surface area is 188 Å². The molecule has 0 unspecified atom stereocenters. The molecule has 0 radical (unpaired) electrons. The Bertz CT molecular complexity index is 1070. The van der Waals surface area contributed by atoms with Gasteiger partial charge in [-0.25, -0.2) is 19.7 Å². The van der Waals surface area contributed by atoms with Crippen LogP contribution in [0.4, 0.5) is 11.6 Å². The van der Waals surface area contributed by atoms with Crippen molar-refractivity contribution in [1.29, 1.82) is 0 Å². The van der Waals surface area contributed by atoms with E-state index in [1.807, 2.05) is 31.2 Å². The van der Waals surface area contributed by atoms with Gasteiger partial charge in [0.05, 0.1) is 12.2 Å². The fourth-order valence-corrected chi connectivity index (χ4v) is 3.80. The van der Waals surface area contributed by atoms with E-state index >= 15 is 0 Å². The van der Waals surface area contributed by atoms with Crippen molar-refractivity contribution in [3.8, 4) is 11.5 Å². The first-order valence-electron chi connectivity index (χ1n) is 11.0. The van der Waals surface area contributed by atoms with Crippen LogP contribution in [0.3, 0.4) is 0 Å². The molecule has 0 aliphatic carbocycles. The third-order valence-corrected chi connectivity index (χ3v) is 5.64. The van der Waals surface area contributed by atoms with Crippen molar-refractivity contribution in [2.45, 2.75) is 27.2 Å². The molecule has 0 amide bonds. The van der Waals surface area contributed by atoms with E-state index < -0.39 is 0 Å². The van der Waals surface area contributed by atoms with Crippen LogP contribution in [0.25, 0.3) is 11.5 Å². The Kier molecular flexibility index (Phi) is 6.58. The second kappa shape index (κ2) is 9.72. The summed E-state index contributed by atoms with van der Waals surface area (Å²) >= 11 is 0. The topological polar surface area (TPSA) is 84.3 Å². The quantitative estimate of drug-likeness (QED) is 0.567. The van der Waals surface area contributed by atoms with Crippen molar-refractivity contribution < 1.29 is 9.53 Å². The molecule has 166 valence electrons. The molecular weight excluding hydrogens is 404 g/mol. The highest BCUT2D eigenvalue weighted by Crippen LogP contribution is 2.25. The van der Waals surface area contributed by atoms with Crippen molar-refractivity contribution >= 4 is 17.6 Å². The molecule has 1 fully saturated rings. The van der Waals surface area contributed by atoms with Gasteiger partial charge in [-0.3, -0.25) is 4.98 Å². The van der Waals surface area contributed by atoms with Gasteiger partial charge < -0.3 is 14.5 Å². The molecule has 4 heterocycles. The van der Waals surface area contributed by atoms with E-state index in [4.69, 9.17) is 9.72 Å². The Morgan fingerprint density at radius 1 is 1.00 bits per heavy atom. The van der Waals surface area contributed by atoms with Gasteiger partial charge in [0.1, 0.15) is 17.3 Å². The van der Waals surface area contributed by atoms with Gasteiger partial charge in [-0.15, -0.1) is 0 Å². The summed E-state index contributed by atoms with van der Waals surface area (Å²) in [5.74, 6) is 2.14. The number of rotatable bonds is 5. The summed E-state index contributed by atoms with van der Waals surface area (Å²) in [6.45, 7) is 9.66. The molecule has 8 nitrogen and oxygen atoms in total. The molecule has 0 atom stereocenters. The fraction of sp³-hybridized carbons (Fsp3) is 0.375. The standard InChI is InChI=1S/C24H28N6O2/c1-4-32-24(31)19-9-10-21(26-16-19)29-12-7-13-30(15-14-29)23-17(2)18(3)27-22(28-23)20-8-5-6-11-25-20/h5-6,8-11,16H,4,7,12-15H2,1-3H3. The summed E-state index contributed by atoms with van der Waals surface area (Å²) in [4.78, 5) is 34.9. The minimum Gasteiger partial charge on any atom is -0.462 e. The molecule has 3 aromatic heterocycles. The number of aromatic nitrogens is 4. The van der Waals surface area contributed by atoms with E-state index in [0.29, 0.717) is 18.0 Å². The fourth-order valence-electron chi connectivity index (χ4n) is 3.80. The highest BCUT2D eigenvalue weighted by atomic mass is 16.5. The third kappa shape index (κ3) is 4.69. The van der Waals surface area contributed by atoms with Crippen molar-refractivity contribution in [2.24, 2.45) is 0 Å². The van der Waals surface area contributed by atoms with E-state index in [9.17, 15) is 4.79 Å². The van der Waals surface area contributed by atoms with Crippen LogP contribution in [0.1, 0.15) is 35.0 Å². The predicted octanol–water partition coefficient (Wildman–Crippen LogP) is 3.44. The van der Waals surface area contributed by atoms with Gasteiger partial charge in [-0.2, -0.15) is 0 Å². The van der Waals surface area contributed by atoms with Crippen molar-refractivity contribution in [2.75, 3.05) is 42.6 Å². The molecule has 0 N–H and O–H groups in total. The molecule has 0 spiro atoms. The summed E-state index contributed by atoms with van der Waals surface area (Å²) < 4.78 is 5.04. The van der Waals surface area contributed by atoms with Crippen molar-refractivity contribution in [3.63, 3.8) is 0 Å². The average Bonchev–Trinajstić information content (AvgIpc) is 3.08. The average molecular weight is 433 g/mol. The van der Waals surface area contributed by atoms with Gasteiger partial charge in [-0.1, -0.05) is 6.07 Å². The number of hydrogen-bond acceptors (Lipinski definition) is 8.